The molecule has 0 bridgehead atoms. The molecule has 0 saturated carbocycles. The number of hydrogen-bond acceptors (Lipinski definition) is 5. The van der Waals surface area contributed by atoms with Crippen LogP contribution < -0.4 is 10.0 Å². The van der Waals surface area contributed by atoms with Gasteiger partial charge >= 0.3 is 0 Å². The first-order chi connectivity index (χ1) is 9.47. The highest BCUT2D eigenvalue weighted by Gasteiger charge is 2.17. The van der Waals surface area contributed by atoms with E-state index in [4.69, 9.17) is 0 Å². The highest BCUT2D eigenvalue weighted by molar-refractivity contribution is 7.87. The molecule has 1 aromatic heterocycles. The molecule has 1 heterocycles. The molecule has 116 valence electrons. The van der Waals surface area contributed by atoms with E-state index in [9.17, 15) is 8.42 Å². The fraction of sp³-hybridized carbons (Fsp3) is 0.750. The van der Waals surface area contributed by atoms with Crippen molar-refractivity contribution in [2.24, 2.45) is 0 Å². The number of nitrogens with one attached hydrogen (secondary N) is 2. The lowest BCUT2D eigenvalue weighted by Crippen LogP contribution is -2.39. The standard InChI is InChI=1S/C12H24N4O2S2/c1-4-6-13-7-5-8-16(3)20(17,18)15-9-12-11(2)14-10-19-12/h10,13,15H,4-9H2,1-3H3. The van der Waals surface area contributed by atoms with Gasteiger partial charge in [-0.05, 0) is 32.9 Å². The second kappa shape index (κ2) is 8.68. The van der Waals surface area contributed by atoms with Gasteiger partial charge in [0.25, 0.3) is 10.2 Å². The molecule has 0 aliphatic rings. The van der Waals surface area contributed by atoms with Crippen LogP contribution in [-0.4, -0.2) is 44.4 Å². The van der Waals surface area contributed by atoms with Crippen LogP contribution in [0.5, 0.6) is 0 Å². The Bertz CT molecular complexity index is 487. The third-order valence-corrected chi connectivity index (χ3v) is 5.37. The molecular weight excluding hydrogens is 296 g/mol. The summed E-state index contributed by atoms with van der Waals surface area (Å²) in [6, 6.07) is 0. The third-order valence-electron chi connectivity index (χ3n) is 2.92. The van der Waals surface area contributed by atoms with Gasteiger partial charge in [0.15, 0.2) is 0 Å². The fourth-order valence-electron chi connectivity index (χ4n) is 1.61. The average Bonchev–Trinajstić information content (AvgIpc) is 2.81. The molecule has 0 fully saturated rings. The predicted octanol–water partition coefficient (Wildman–Crippen LogP) is 1.11. The summed E-state index contributed by atoms with van der Waals surface area (Å²) in [5.41, 5.74) is 2.60. The number of aromatic nitrogens is 1. The van der Waals surface area contributed by atoms with Crippen LogP contribution in [-0.2, 0) is 16.8 Å². The molecule has 0 aromatic carbocycles. The van der Waals surface area contributed by atoms with E-state index in [2.05, 4.69) is 21.9 Å². The maximum atomic E-state index is 12.0. The van der Waals surface area contributed by atoms with Crippen LogP contribution in [0.4, 0.5) is 0 Å². The third kappa shape index (κ3) is 5.84. The van der Waals surface area contributed by atoms with Crippen molar-refractivity contribution in [2.45, 2.75) is 33.2 Å². The van der Waals surface area contributed by atoms with E-state index in [1.807, 2.05) is 6.92 Å². The number of thiazole rings is 1. The van der Waals surface area contributed by atoms with Gasteiger partial charge < -0.3 is 5.32 Å². The van der Waals surface area contributed by atoms with Crippen LogP contribution >= 0.6 is 11.3 Å². The van der Waals surface area contributed by atoms with E-state index >= 15 is 0 Å². The number of nitrogens with zero attached hydrogens (tertiary/aromatic N) is 2. The molecule has 0 atom stereocenters. The summed E-state index contributed by atoms with van der Waals surface area (Å²) in [6.45, 7) is 6.60. The van der Waals surface area contributed by atoms with E-state index in [0.29, 0.717) is 13.1 Å². The maximum absolute atomic E-state index is 12.0. The van der Waals surface area contributed by atoms with Crippen molar-refractivity contribution in [3.8, 4) is 0 Å². The molecule has 0 unspecified atom stereocenters. The van der Waals surface area contributed by atoms with Crippen molar-refractivity contribution >= 4 is 21.5 Å². The zero-order valence-electron chi connectivity index (χ0n) is 12.3. The van der Waals surface area contributed by atoms with Crippen LogP contribution in [0.3, 0.4) is 0 Å². The van der Waals surface area contributed by atoms with Crippen molar-refractivity contribution in [3.05, 3.63) is 16.1 Å². The quantitative estimate of drug-likeness (QED) is 0.633. The van der Waals surface area contributed by atoms with Crippen LogP contribution in [0.25, 0.3) is 0 Å². The normalized spacial score (nSPS) is 12.2. The Hall–Kier alpha value is -0.540. The Balaban J connectivity index is 2.34. The highest BCUT2D eigenvalue weighted by atomic mass is 32.2. The van der Waals surface area contributed by atoms with E-state index in [1.54, 1.807) is 12.6 Å². The first-order valence-electron chi connectivity index (χ1n) is 6.78. The van der Waals surface area contributed by atoms with Crippen LogP contribution in [0.15, 0.2) is 5.51 Å². The first-order valence-corrected chi connectivity index (χ1v) is 9.10. The zero-order valence-corrected chi connectivity index (χ0v) is 14.0. The molecule has 6 nitrogen and oxygen atoms in total. The number of rotatable bonds is 10. The average molecular weight is 320 g/mol. The molecule has 2 N–H and O–H groups in total. The van der Waals surface area contributed by atoms with E-state index in [0.717, 1.165) is 36.5 Å². The molecule has 20 heavy (non-hydrogen) atoms. The van der Waals surface area contributed by atoms with E-state index in [1.165, 1.54) is 15.6 Å². The molecule has 1 rings (SSSR count). The van der Waals surface area contributed by atoms with E-state index in [-0.39, 0.29) is 0 Å². The van der Waals surface area contributed by atoms with Crippen LogP contribution in [0.1, 0.15) is 30.3 Å². The molecular formula is C12H24N4O2S2. The van der Waals surface area contributed by atoms with Gasteiger partial charge in [0.1, 0.15) is 0 Å². The van der Waals surface area contributed by atoms with Gasteiger partial charge in [-0.25, -0.2) is 4.98 Å². The molecule has 0 saturated heterocycles. The lowest BCUT2D eigenvalue weighted by Gasteiger charge is -2.17. The SMILES string of the molecule is CCCNCCCN(C)S(=O)(=O)NCc1scnc1C. The summed E-state index contributed by atoms with van der Waals surface area (Å²) in [7, 11) is -1.81. The van der Waals surface area contributed by atoms with Gasteiger partial charge in [-0.2, -0.15) is 17.4 Å². The van der Waals surface area contributed by atoms with Gasteiger partial charge in [-0.3, -0.25) is 0 Å². The van der Waals surface area contributed by atoms with Gasteiger partial charge in [0.05, 0.1) is 11.2 Å². The Morgan fingerprint density at radius 3 is 2.75 bits per heavy atom. The monoisotopic (exact) mass is 320 g/mol. The van der Waals surface area contributed by atoms with Crippen molar-refractivity contribution in [3.63, 3.8) is 0 Å². The summed E-state index contributed by atoms with van der Waals surface area (Å²) in [5, 5.41) is 3.26. The topological polar surface area (TPSA) is 74.3 Å². The Morgan fingerprint density at radius 2 is 2.15 bits per heavy atom. The minimum absolute atomic E-state index is 0.303. The summed E-state index contributed by atoms with van der Waals surface area (Å²) >= 11 is 1.46. The molecule has 0 amide bonds. The number of hydrogen-bond donors (Lipinski definition) is 2. The molecule has 1 aromatic rings. The minimum atomic E-state index is -3.41. The van der Waals surface area contributed by atoms with Crippen molar-refractivity contribution in [1.82, 2.24) is 19.3 Å². The summed E-state index contributed by atoms with van der Waals surface area (Å²) < 4.78 is 28.0. The van der Waals surface area contributed by atoms with Crippen LogP contribution in [0.2, 0.25) is 0 Å². The van der Waals surface area contributed by atoms with Gasteiger partial charge in [-0.1, -0.05) is 6.92 Å². The largest absolute Gasteiger partial charge is 0.317 e. The second-order valence-electron chi connectivity index (χ2n) is 4.61. The van der Waals surface area contributed by atoms with Gasteiger partial charge in [0.2, 0.25) is 0 Å². The summed E-state index contributed by atoms with van der Waals surface area (Å²) in [5.74, 6) is 0. The maximum Gasteiger partial charge on any atom is 0.279 e. The number of aryl methyl sites for hydroxylation is 1. The Kier molecular flexibility index (Phi) is 7.60. The summed E-state index contributed by atoms with van der Waals surface area (Å²) in [4.78, 5) is 5.05. The second-order valence-corrected chi connectivity index (χ2v) is 7.41. The highest BCUT2D eigenvalue weighted by Crippen LogP contribution is 2.12. The fourth-order valence-corrected chi connectivity index (χ4v) is 3.34. The lowest BCUT2D eigenvalue weighted by atomic mass is 10.4. The van der Waals surface area contributed by atoms with Crippen molar-refractivity contribution < 1.29 is 8.42 Å². The predicted molar refractivity (Wildman–Crippen MR) is 83.0 cm³/mol. The minimum Gasteiger partial charge on any atom is -0.317 e. The molecule has 0 aliphatic heterocycles. The van der Waals surface area contributed by atoms with Gasteiger partial charge in [0, 0.05) is 25.0 Å². The van der Waals surface area contributed by atoms with Crippen molar-refractivity contribution in [2.75, 3.05) is 26.7 Å². The Labute approximate surface area is 125 Å². The lowest BCUT2D eigenvalue weighted by molar-refractivity contribution is 0.444. The van der Waals surface area contributed by atoms with E-state index < -0.39 is 10.2 Å². The molecule has 0 radical (unpaired) electrons. The zero-order chi connectivity index (χ0) is 15.0. The molecule has 0 aliphatic carbocycles. The Morgan fingerprint density at radius 1 is 1.40 bits per heavy atom. The van der Waals surface area contributed by atoms with Crippen LogP contribution in [0, 0.1) is 6.92 Å². The molecule has 0 spiro atoms. The summed E-state index contributed by atoms with van der Waals surface area (Å²) in [6.07, 6.45) is 1.89. The van der Waals surface area contributed by atoms with Gasteiger partial charge in [-0.15, -0.1) is 11.3 Å². The first kappa shape index (κ1) is 17.5. The van der Waals surface area contributed by atoms with Crippen molar-refractivity contribution in [1.29, 1.82) is 0 Å². The molecule has 8 heteroatoms. The smallest absolute Gasteiger partial charge is 0.279 e.